The molecule has 2 N–H and O–H groups in total. The van der Waals surface area contributed by atoms with E-state index in [0.29, 0.717) is 18.6 Å². The first-order valence-electron chi connectivity index (χ1n) is 17.5. The van der Waals surface area contributed by atoms with Gasteiger partial charge in [0.05, 0.1) is 13.2 Å². The number of hydrogen-bond donors (Lipinski definition) is 2. The van der Waals surface area contributed by atoms with Crippen LogP contribution in [0.2, 0.25) is 0 Å². The van der Waals surface area contributed by atoms with Crippen LogP contribution in [0.3, 0.4) is 0 Å². The van der Waals surface area contributed by atoms with E-state index in [9.17, 15) is 14.4 Å². The standard InChI is InChI=1S/C41H54N2O4S/c1-29(42-4)38(45)27-36(33-19-13-8-14-20-33)40(46)43-39(41(2,3)48-28-30-21-23-34(47-5)24-22-30)37(44)26-25-35(31-15-9-6-10-16-31)32-17-11-7-12-18-32/h6-7,9-12,15-18,21-24,29,33,35-36,39,42H,8,13-14,19-20,25-28H2,1-5H3,(H,43,46)/t29-,36-,39+/m0/s1. The Bertz CT molecular complexity index is 1400. The Morgan fingerprint density at radius 2 is 1.44 bits per heavy atom. The molecule has 1 amide bonds. The summed E-state index contributed by atoms with van der Waals surface area (Å²) in [4.78, 5) is 41.9. The molecule has 0 spiro atoms. The maximum Gasteiger partial charge on any atom is 0.224 e. The van der Waals surface area contributed by atoms with Crippen molar-refractivity contribution in [2.45, 2.75) is 101 Å². The van der Waals surface area contributed by atoms with Crippen LogP contribution in [0.15, 0.2) is 84.9 Å². The van der Waals surface area contributed by atoms with Gasteiger partial charge < -0.3 is 15.4 Å². The summed E-state index contributed by atoms with van der Waals surface area (Å²) < 4.78 is 4.72. The van der Waals surface area contributed by atoms with Crippen LogP contribution in [0, 0.1) is 11.8 Å². The molecule has 0 saturated heterocycles. The fourth-order valence-electron chi connectivity index (χ4n) is 6.86. The lowest BCUT2D eigenvalue weighted by atomic mass is 9.76. The first-order chi connectivity index (χ1) is 23.1. The molecule has 3 aromatic carbocycles. The third kappa shape index (κ3) is 10.5. The number of likely N-dealkylation sites (N-methyl/N-ethyl adjacent to an activating group) is 1. The number of Topliss-reactive ketones (excluding diaryl/α,β-unsaturated/α-hetero) is 2. The molecule has 3 aromatic rings. The van der Waals surface area contributed by atoms with E-state index in [0.717, 1.165) is 43.4 Å². The molecule has 0 aromatic heterocycles. The number of methoxy groups -OCH3 is 1. The van der Waals surface area contributed by atoms with Crippen LogP contribution in [0.4, 0.5) is 0 Å². The van der Waals surface area contributed by atoms with Gasteiger partial charge in [0, 0.05) is 35.2 Å². The minimum Gasteiger partial charge on any atom is -0.497 e. The van der Waals surface area contributed by atoms with Crippen molar-refractivity contribution in [1.82, 2.24) is 10.6 Å². The van der Waals surface area contributed by atoms with Gasteiger partial charge in [0.15, 0.2) is 5.78 Å². The van der Waals surface area contributed by atoms with Crippen LogP contribution in [-0.2, 0) is 20.1 Å². The highest BCUT2D eigenvalue weighted by Crippen LogP contribution is 2.37. The molecule has 6 nitrogen and oxygen atoms in total. The second-order valence-corrected chi connectivity index (χ2v) is 15.4. The van der Waals surface area contributed by atoms with E-state index in [2.05, 4.69) is 48.7 Å². The van der Waals surface area contributed by atoms with Gasteiger partial charge in [-0.15, -0.1) is 11.8 Å². The molecule has 1 saturated carbocycles. The highest BCUT2D eigenvalue weighted by Gasteiger charge is 2.40. The van der Waals surface area contributed by atoms with E-state index >= 15 is 0 Å². The molecule has 48 heavy (non-hydrogen) atoms. The SMILES string of the molecule is CN[C@@H](C)C(=O)C[C@H](C(=O)N[C@H](C(=O)CCC(c1ccccc1)c1ccccc1)C(C)(C)SCc1ccc(OC)cc1)C1CCCCC1. The number of ether oxygens (including phenoxy) is 1. The Balaban J connectivity index is 1.59. The average molecular weight is 671 g/mol. The van der Waals surface area contributed by atoms with E-state index in [1.165, 1.54) is 11.1 Å². The number of amides is 1. The second-order valence-electron chi connectivity index (χ2n) is 13.7. The van der Waals surface area contributed by atoms with Gasteiger partial charge in [-0.1, -0.05) is 92.1 Å². The number of thioether (sulfide) groups is 1. The molecule has 1 fully saturated rings. The number of rotatable bonds is 18. The first kappa shape index (κ1) is 37.4. The summed E-state index contributed by atoms with van der Waals surface area (Å²) in [5.41, 5.74) is 3.45. The topological polar surface area (TPSA) is 84.5 Å². The maximum absolute atomic E-state index is 14.4. The molecule has 4 rings (SSSR count). The summed E-state index contributed by atoms with van der Waals surface area (Å²) in [6.45, 7) is 5.96. The number of ketones is 2. The van der Waals surface area contributed by atoms with Gasteiger partial charge in [0.2, 0.25) is 5.91 Å². The zero-order valence-corrected chi connectivity index (χ0v) is 30.2. The quantitative estimate of drug-likeness (QED) is 0.142. The van der Waals surface area contributed by atoms with E-state index in [1.807, 2.05) is 67.6 Å². The lowest BCUT2D eigenvalue weighted by Crippen LogP contribution is -2.55. The molecule has 0 aliphatic heterocycles. The molecule has 1 aliphatic rings. The highest BCUT2D eigenvalue weighted by molar-refractivity contribution is 7.99. The van der Waals surface area contributed by atoms with Crippen molar-refractivity contribution >= 4 is 29.2 Å². The number of carbonyl (C=O) groups is 3. The van der Waals surface area contributed by atoms with Gasteiger partial charge in [-0.2, -0.15) is 0 Å². The Morgan fingerprint density at radius 3 is 1.98 bits per heavy atom. The third-order valence-corrected chi connectivity index (χ3v) is 11.5. The van der Waals surface area contributed by atoms with Crippen molar-refractivity contribution in [1.29, 1.82) is 0 Å². The van der Waals surface area contributed by atoms with Crippen molar-refractivity contribution in [2.75, 3.05) is 14.2 Å². The predicted octanol–water partition coefficient (Wildman–Crippen LogP) is 8.14. The molecule has 258 valence electrons. The summed E-state index contributed by atoms with van der Waals surface area (Å²) in [5, 5.41) is 6.31. The molecular weight excluding hydrogens is 617 g/mol. The van der Waals surface area contributed by atoms with Crippen LogP contribution < -0.4 is 15.4 Å². The second kappa shape index (κ2) is 18.4. The lowest BCUT2D eigenvalue weighted by Gasteiger charge is -2.36. The number of benzene rings is 3. The van der Waals surface area contributed by atoms with Gasteiger partial charge in [-0.25, -0.2) is 0 Å². The van der Waals surface area contributed by atoms with Crippen molar-refractivity contribution in [3.05, 3.63) is 102 Å². The minimum atomic E-state index is -0.719. The van der Waals surface area contributed by atoms with Crippen molar-refractivity contribution in [2.24, 2.45) is 11.8 Å². The van der Waals surface area contributed by atoms with Gasteiger partial charge in [0.1, 0.15) is 17.6 Å². The third-order valence-electron chi connectivity index (χ3n) is 10.0. The molecular formula is C41H54N2O4S. The van der Waals surface area contributed by atoms with Crippen LogP contribution in [0.1, 0.15) is 94.7 Å². The molecule has 7 heteroatoms. The van der Waals surface area contributed by atoms with Crippen LogP contribution in [0.5, 0.6) is 5.75 Å². The summed E-state index contributed by atoms with van der Waals surface area (Å²) >= 11 is 1.67. The summed E-state index contributed by atoms with van der Waals surface area (Å²) in [5.74, 6) is 1.10. The Kier molecular flexibility index (Phi) is 14.3. The lowest BCUT2D eigenvalue weighted by molar-refractivity contribution is -0.135. The molecule has 1 aliphatic carbocycles. The average Bonchev–Trinajstić information content (AvgIpc) is 3.12. The molecule has 0 radical (unpaired) electrons. The van der Waals surface area contributed by atoms with Gasteiger partial charge >= 0.3 is 0 Å². The summed E-state index contributed by atoms with van der Waals surface area (Å²) in [6, 6.07) is 27.6. The molecule has 0 unspecified atom stereocenters. The number of nitrogens with one attached hydrogen (secondary N) is 2. The van der Waals surface area contributed by atoms with Gasteiger partial charge in [-0.3, -0.25) is 14.4 Å². The Hall–Kier alpha value is -3.42. The van der Waals surface area contributed by atoms with E-state index in [4.69, 9.17) is 4.74 Å². The van der Waals surface area contributed by atoms with Crippen LogP contribution >= 0.6 is 11.8 Å². The van der Waals surface area contributed by atoms with E-state index in [-0.39, 0.29) is 41.8 Å². The number of hydrogen-bond acceptors (Lipinski definition) is 6. The number of carbonyl (C=O) groups excluding carboxylic acids is 3. The normalized spacial score (nSPS) is 15.8. The fourth-order valence-corrected chi connectivity index (χ4v) is 7.95. The van der Waals surface area contributed by atoms with E-state index in [1.54, 1.807) is 25.9 Å². The van der Waals surface area contributed by atoms with Crippen LogP contribution in [0.25, 0.3) is 0 Å². The highest BCUT2D eigenvalue weighted by atomic mass is 32.2. The Morgan fingerprint density at radius 1 is 0.854 bits per heavy atom. The summed E-state index contributed by atoms with van der Waals surface area (Å²) in [6.07, 6.45) is 6.28. The van der Waals surface area contributed by atoms with Crippen LogP contribution in [-0.4, -0.2) is 48.5 Å². The van der Waals surface area contributed by atoms with Gasteiger partial charge in [-0.05, 0) is 81.8 Å². The van der Waals surface area contributed by atoms with Gasteiger partial charge in [0.25, 0.3) is 0 Å². The molecule has 0 heterocycles. The maximum atomic E-state index is 14.4. The first-order valence-corrected chi connectivity index (χ1v) is 18.5. The largest absolute Gasteiger partial charge is 0.497 e. The van der Waals surface area contributed by atoms with Crippen molar-refractivity contribution in [3.63, 3.8) is 0 Å². The smallest absolute Gasteiger partial charge is 0.224 e. The van der Waals surface area contributed by atoms with Crippen molar-refractivity contribution in [3.8, 4) is 5.75 Å². The summed E-state index contributed by atoms with van der Waals surface area (Å²) in [7, 11) is 3.42. The molecule has 3 atom stereocenters. The predicted molar refractivity (Wildman–Crippen MR) is 197 cm³/mol. The zero-order valence-electron chi connectivity index (χ0n) is 29.4. The van der Waals surface area contributed by atoms with E-state index < -0.39 is 16.7 Å². The monoisotopic (exact) mass is 670 g/mol. The zero-order chi connectivity index (χ0) is 34.5. The Labute approximate surface area is 292 Å². The fraction of sp³-hybridized carbons (Fsp3) is 0.488. The minimum absolute atomic E-state index is 0.0183. The molecule has 0 bridgehead atoms. The van der Waals surface area contributed by atoms with Crippen molar-refractivity contribution < 1.29 is 19.1 Å².